The van der Waals surface area contributed by atoms with E-state index in [4.69, 9.17) is 4.74 Å². The summed E-state index contributed by atoms with van der Waals surface area (Å²) in [5, 5.41) is 23.2. The van der Waals surface area contributed by atoms with Gasteiger partial charge in [0.05, 0.1) is 25.4 Å². The highest BCUT2D eigenvalue weighted by atomic mass is 16.5. The molecule has 0 aromatic carbocycles. The summed E-state index contributed by atoms with van der Waals surface area (Å²) in [6.45, 7) is 4.92. The van der Waals surface area contributed by atoms with Crippen molar-refractivity contribution >= 4 is 11.9 Å². The average Bonchev–Trinajstić information content (AvgIpc) is 3.37. The zero-order valence-corrected chi connectivity index (χ0v) is 48.0. The van der Waals surface area contributed by atoms with Crippen LogP contribution in [-0.4, -0.2) is 47.4 Å². The predicted molar refractivity (Wildman–Crippen MR) is 310 cm³/mol. The molecular formula is C65H125NO5. The summed E-state index contributed by atoms with van der Waals surface area (Å²) in [5.74, 6) is -0.0683. The molecule has 0 heterocycles. The van der Waals surface area contributed by atoms with Crippen molar-refractivity contribution in [1.29, 1.82) is 0 Å². The van der Waals surface area contributed by atoms with E-state index in [1.165, 1.54) is 283 Å². The maximum atomic E-state index is 12.5. The topological polar surface area (TPSA) is 95.9 Å². The van der Waals surface area contributed by atoms with Gasteiger partial charge in [-0.05, 0) is 57.8 Å². The van der Waals surface area contributed by atoms with E-state index in [-0.39, 0.29) is 18.5 Å². The maximum absolute atomic E-state index is 12.5. The first-order chi connectivity index (χ1) is 35.0. The summed E-state index contributed by atoms with van der Waals surface area (Å²) >= 11 is 0. The molecule has 0 saturated heterocycles. The zero-order valence-electron chi connectivity index (χ0n) is 48.0. The van der Waals surface area contributed by atoms with Crippen LogP contribution >= 0.6 is 0 Å². The van der Waals surface area contributed by atoms with Crippen LogP contribution in [0.1, 0.15) is 354 Å². The number of carbonyl (C=O) groups is 2. The molecule has 0 bridgehead atoms. The van der Waals surface area contributed by atoms with Crippen molar-refractivity contribution in [1.82, 2.24) is 5.32 Å². The summed E-state index contributed by atoms with van der Waals surface area (Å²) in [4.78, 5) is 24.6. The van der Waals surface area contributed by atoms with Gasteiger partial charge in [0.1, 0.15) is 0 Å². The van der Waals surface area contributed by atoms with E-state index < -0.39 is 12.1 Å². The molecule has 6 heteroatoms. The second-order valence-corrected chi connectivity index (χ2v) is 22.1. The van der Waals surface area contributed by atoms with Gasteiger partial charge in [0.2, 0.25) is 5.91 Å². The Hall–Kier alpha value is -1.66. The molecule has 0 aliphatic heterocycles. The largest absolute Gasteiger partial charge is 0.466 e. The van der Waals surface area contributed by atoms with Crippen molar-refractivity contribution in [3.05, 3.63) is 24.3 Å². The lowest BCUT2D eigenvalue weighted by molar-refractivity contribution is -0.143. The first-order valence-corrected chi connectivity index (χ1v) is 32.1. The van der Waals surface area contributed by atoms with Crippen LogP contribution in [0.5, 0.6) is 0 Å². The highest BCUT2D eigenvalue weighted by molar-refractivity contribution is 5.76. The Morgan fingerprint density at radius 1 is 0.380 bits per heavy atom. The van der Waals surface area contributed by atoms with Gasteiger partial charge in [0, 0.05) is 12.8 Å². The average molecular weight is 1000 g/mol. The fourth-order valence-electron chi connectivity index (χ4n) is 10.0. The molecule has 0 rings (SSSR count). The van der Waals surface area contributed by atoms with Gasteiger partial charge in [-0.25, -0.2) is 0 Å². The third-order valence-corrected chi connectivity index (χ3v) is 15.0. The van der Waals surface area contributed by atoms with Crippen molar-refractivity contribution in [2.24, 2.45) is 0 Å². The summed E-state index contributed by atoms with van der Waals surface area (Å²) in [6, 6.07) is -0.633. The van der Waals surface area contributed by atoms with Crippen LogP contribution < -0.4 is 5.32 Å². The summed E-state index contributed by atoms with van der Waals surface area (Å²) < 4.78 is 5.49. The maximum Gasteiger partial charge on any atom is 0.305 e. The molecular weight excluding hydrogens is 875 g/mol. The van der Waals surface area contributed by atoms with E-state index in [2.05, 4.69) is 31.3 Å². The van der Waals surface area contributed by atoms with Crippen molar-refractivity contribution in [3.8, 4) is 0 Å². The summed E-state index contributed by atoms with van der Waals surface area (Å²) in [5.41, 5.74) is 0. The SMILES string of the molecule is CCCCCCCC/C=C\CCCCCCCCCC(=O)OCCCCCCCCCCCCCCCCCCCC(=O)NC(CO)C(O)/C=C/CCCCCCCCCCCCCCCCCCCC. The number of hydrogen-bond acceptors (Lipinski definition) is 5. The van der Waals surface area contributed by atoms with Crippen LogP contribution in [0, 0.1) is 0 Å². The number of aliphatic hydroxyl groups excluding tert-OH is 2. The highest BCUT2D eigenvalue weighted by Gasteiger charge is 2.18. The molecule has 0 saturated carbocycles. The van der Waals surface area contributed by atoms with Crippen molar-refractivity contribution in [2.75, 3.05) is 13.2 Å². The molecule has 3 N–H and O–H groups in total. The predicted octanol–water partition coefficient (Wildman–Crippen LogP) is 20.2. The van der Waals surface area contributed by atoms with Crippen molar-refractivity contribution < 1.29 is 24.5 Å². The molecule has 2 unspecified atom stereocenters. The van der Waals surface area contributed by atoms with Crippen LogP contribution in [0.2, 0.25) is 0 Å². The van der Waals surface area contributed by atoms with E-state index in [1.807, 2.05) is 6.08 Å². The van der Waals surface area contributed by atoms with Crippen LogP contribution in [0.4, 0.5) is 0 Å². The lowest BCUT2D eigenvalue weighted by atomic mass is 10.0. The van der Waals surface area contributed by atoms with Gasteiger partial charge < -0.3 is 20.3 Å². The van der Waals surface area contributed by atoms with Gasteiger partial charge >= 0.3 is 5.97 Å². The molecule has 420 valence electrons. The number of esters is 1. The fourth-order valence-corrected chi connectivity index (χ4v) is 10.0. The summed E-state index contributed by atoms with van der Waals surface area (Å²) in [6.07, 6.45) is 75.0. The molecule has 0 aromatic heterocycles. The van der Waals surface area contributed by atoms with Gasteiger partial charge in [-0.2, -0.15) is 0 Å². The molecule has 0 fully saturated rings. The number of carbonyl (C=O) groups excluding carboxylic acids is 2. The Balaban J connectivity index is 3.43. The van der Waals surface area contributed by atoms with Gasteiger partial charge in [0.15, 0.2) is 0 Å². The monoisotopic (exact) mass is 1000 g/mol. The van der Waals surface area contributed by atoms with E-state index in [0.717, 1.165) is 44.9 Å². The number of unbranched alkanes of at least 4 members (excludes halogenated alkanes) is 47. The minimum Gasteiger partial charge on any atom is -0.466 e. The molecule has 71 heavy (non-hydrogen) atoms. The molecule has 0 aromatic rings. The van der Waals surface area contributed by atoms with Crippen LogP contribution in [0.3, 0.4) is 0 Å². The quantitative estimate of drug-likeness (QED) is 0.0320. The highest BCUT2D eigenvalue weighted by Crippen LogP contribution is 2.18. The first kappa shape index (κ1) is 69.3. The Kier molecular flexibility index (Phi) is 59.5. The molecule has 0 radical (unpaired) electrons. The molecule has 0 spiro atoms. The van der Waals surface area contributed by atoms with Crippen molar-refractivity contribution in [3.63, 3.8) is 0 Å². The van der Waals surface area contributed by atoms with Crippen molar-refractivity contribution in [2.45, 2.75) is 366 Å². The first-order valence-electron chi connectivity index (χ1n) is 32.1. The van der Waals surface area contributed by atoms with E-state index >= 15 is 0 Å². The van der Waals surface area contributed by atoms with Gasteiger partial charge in [-0.1, -0.05) is 308 Å². The van der Waals surface area contributed by atoms with Crippen LogP contribution in [-0.2, 0) is 14.3 Å². The number of hydrogen-bond donors (Lipinski definition) is 3. The Morgan fingerprint density at radius 3 is 1.00 bits per heavy atom. The molecule has 0 aliphatic rings. The third-order valence-electron chi connectivity index (χ3n) is 15.0. The van der Waals surface area contributed by atoms with Crippen LogP contribution in [0.25, 0.3) is 0 Å². The van der Waals surface area contributed by atoms with Gasteiger partial charge in [-0.3, -0.25) is 9.59 Å². The Morgan fingerprint density at radius 2 is 0.662 bits per heavy atom. The van der Waals surface area contributed by atoms with E-state index in [9.17, 15) is 19.8 Å². The minimum absolute atomic E-state index is 0.00185. The normalized spacial score (nSPS) is 12.7. The molecule has 6 nitrogen and oxygen atoms in total. The minimum atomic E-state index is -0.849. The Labute approximate surface area is 443 Å². The third kappa shape index (κ3) is 57.5. The second-order valence-electron chi connectivity index (χ2n) is 22.1. The lowest BCUT2D eigenvalue weighted by Crippen LogP contribution is -2.45. The number of rotatable bonds is 60. The molecule has 1 amide bonds. The number of aliphatic hydroxyl groups is 2. The van der Waals surface area contributed by atoms with Gasteiger partial charge in [0.25, 0.3) is 0 Å². The fraction of sp³-hybridized carbons (Fsp3) is 0.908. The smallest absolute Gasteiger partial charge is 0.305 e. The van der Waals surface area contributed by atoms with Crippen LogP contribution in [0.15, 0.2) is 24.3 Å². The number of nitrogens with one attached hydrogen (secondary N) is 1. The van der Waals surface area contributed by atoms with E-state index in [0.29, 0.717) is 19.4 Å². The standard InChI is InChI=1S/C65H125NO5/c1-3-5-7-9-11-13-15-17-19-21-22-23-26-29-33-37-41-45-49-53-57-63(68)62(61-67)66-64(69)58-54-50-46-42-38-34-30-27-24-28-32-36-40-44-48-52-56-60-71-65(70)59-55-51-47-43-39-35-31-25-20-18-16-14-12-10-8-6-4-2/h18,20,53,57,62-63,67-68H,3-17,19,21-52,54-56,58-61H2,1-2H3,(H,66,69)/b20-18-,57-53+. The molecule has 2 atom stereocenters. The van der Waals surface area contributed by atoms with E-state index in [1.54, 1.807) is 6.08 Å². The number of ether oxygens (including phenoxy) is 1. The Bertz CT molecular complexity index is 1110. The number of allylic oxidation sites excluding steroid dienone is 3. The second kappa shape index (κ2) is 60.9. The summed E-state index contributed by atoms with van der Waals surface area (Å²) in [7, 11) is 0. The zero-order chi connectivity index (χ0) is 51.4. The van der Waals surface area contributed by atoms with Gasteiger partial charge in [-0.15, -0.1) is 0 Å². The molecule has 0 aliphatic carbocycles. The number of amides is 1. The lowest BCUT2D eigenvalue weighted by Gasteiger charge is -2.20.